The Morgan fingerprint density at radius 1 is 1.15 bits per heavy atom. The fourth-order valence-electron chi connectivity index (χ4n) is 1.54. The fourth-order valence-corrected chi connectivity index (χ4v) is 2.38. The molecule has 0 saturated heterocycles. The Morgan fingerprint density at radius 2 is 1.85 bits per heavy atom. The van der Waals surface area contributed by atoms with Gasteiger partial charge in [0.2, 0.25) is 0 Å². The van der Waals surface area contributed by atoms with Gasteiger partial charge in [-0.3, -0.25) is 4.21 Å². The summed E-state index contributed by atoms with van der Waals surface area (Å²) in [5, 5.41) is 18.3. The Labute approximate surface area is 117 Å². The molecule has 1 unspecified atom stereocenters. The second-order valence-corrected chi connectivity index (χ2v) is 5.30. The molecule has 0 aliphatic rings. The summed E-state index contributed by atoms with van der Waals surface area (Å²) in [5.74, 6) is -1.42. The van der Waals surface area contributed by atoms with Gasteiger partial charge < -0.3 is 14.9 Å². The molecular weight excluding hydrogens is 280 g/mol. The molecule has 0 bridgehead atoms. The van der Waals surface area contributed by atoms with Gasteiger partial charge in [-0.2, -0.15) is 0 Å². The molecule has 0 heterocycles. The predicted molar refractivity (Wildman–Crippen MR) is 73.4 cm³/mol. The minimum Gasteiger partial charge on any atom is -0.507 e. The molecule has 6 heteroatoms. The minimum absolute atomic E-state index is 0.0735. The van der Waals surface area contributed by atoms with E-state index in [1.807, 2.05) is 6.07 Å². The standard InChI is InChI=1S/C14H12O5S/c15-13-8-10(6-7-12(13)14(16)17)19-9-20(18)11-4-2-1-3-5-11/h1-8,15H,9H2,(H,16,17). The van der Waals surface area contributed by atoms with Gasteiger partial charge in [0, 0.05) is 11.0 Å². The average molecular weight is 292 g/mol. The van der Waals surface area contributed by atoms with E-state index in [2.05, 4.69) is 0 Å². The van der Waals surface area contributed by atoms with Crippen LogP contribution in [0.1, 0.15) is 10.4 Å². The summed E-state index contributed by atoms with van der Waals surface area (Å²) in [6.07, 6.45) is 0. The van der Waals surface area contributed by atoms with Crippen LogP contribution in [0.2, 0.25) is 0 Å². The number of benzene rings is 2. The van der Waals surface area contributed by atoms with Gasteiger partial charge in [0.15, 0.2) is 5.94 Å². The summed E-state index contributed by atoms with van der Waals surface area (Å²) in [6.45, 7) is 0. The smallest absolute Gasteiger partial charge is 0.339 e. The SMILES string of the molecule is O=C(O)c1ccc(OCS(=O)c2ccccc2)cc1O. The summed E-state index contributed by atoms with van der Waals surface area (Å²) in [6, 6.07) is 12.7. The van der Waals surface area contributed by atoms with E-state index in [9.17, 15) is 14.1 Å². The van der Waals surface area contributed by atoms with E-state index in [1.54, 1.807) is 24.3 Å². The van der Waals surface area contributed by atoms with Crippen LogP contribution in [0.4, 0.5) is 0 Å². The number of carboxylic acid groups (broad SMARTS) is 1. The normalized spacial score (nSPS) is 11.8. The van der Waals surface area contributed by atoms with Gasteiger partial charge in [0.25, 0.3) is 0 Å². The quantitative estimate of drug-likeness (QED) is 0.883. The van der Waals surface area contributed by atoms with Crippen molar-refractivity contribution in [3.8, 4) is 11.5 Å². The Balaban J connectivity index is 2.03. The van der Waals surface area contributed by atoms with Crippen molar-refractivity contribution in [1.29, 1.82) is 0 Å². The molecule has 2 N–H and O–H groups in total. The molecule has 2 rings (SSSR count). The van der Waals surface area contributed by atoms with Gasteiger partial charge in [-0.1, -0.05) is 18.2 Å². The van der Waals surface area contributed by atoms with Crippen molar-refractivity contribution in [2.75, 3.05) is 5.94 Å². The maximum Gasteiger partial charge on any atom is 0.339 e. The summed E-state index contributed by atoms with van der Waals surface area (Å²) in [4.78, 5) is 11.4. The van der Waals surface area contributed by atoms with Crippen molar-refractivity contribution >= 4 is 16.8 Å². The van der Waals surface area contributed by atoms with Crippen LogP contribution in [-0.2, 0) is 10.8 Å². The Morgan fingerprint density at radius 3 is 2.45 bits per heavy atom. The van der Waals surface area contributed by atoms with Crippen molar-refractivity contribution in [3.63, 3.8) is 0 Å². The third kappa shape index (κ3) is 3.36. The van der Waals surface area contributed by atoms with Crippen LogP contribution in [0.5, 0.6) is 11.5 Å². The first-order valence-corrected chi connectivity index (χ1v) is 7.02. The first-order chi connectivity index (χ1) is 9.58. The third-order valence-corrected chi connectivity index (χ3v) is 3.67. The van der Waals surface area contributed by atoms with E-state index in [-0.39, 0.29) is 23.0 Å². The molecule has 104 valence electrons. The van der Waals surface area contributed by atoms with Crippen LogP contribution >= 0.6 is 0 Å². The van der Waals surface area contributed by atoms with Gasteiger partial charge in [-0.15, -0.1) is 0 Å². The van der Waals surface area contributed by atoms with E-state index < -0.39 is 16.8 Å². The summed E-state index contributed by atoms with van der Waals surface area (Å²) >= 11 is 0. The van der Waals surface area contributed by atoms with Crippen LogP contribution in [-0.4, -0.2) is 26.3 Å². The van der Waals surface area contributed by atoms with E-state index >= 15 is 0 Å². The number of rotatable bonds is 5. The first kappa shape index (κ1) is 14.1. The zero-order chi connectivity index (χ0) is 14.5. The molecule has 20 heavy (non-hydrogen) atoms. The van der Waals surface area contributed by atoms with Gasteiger partial charge in [-0.25, -0.2) is 4.79 Å². The molecule has 0 fully saturated rings. The lowest BCUT2D eigenvalue weighted by molar-refractivity contribution is 0.0693. The molecule has 0 aliphatic carbocycles. The summed E-state index contributed by atoms with van der Waals surface area (Å²) < 4.78 is 17.2. The number of carboxylic acids is 1. The molecular formula is C14H12O5S. The lowest BCUT2D eigenvalue weighted by Crippen LogP contribution is -2.06. The summed E-state index contributed by atoms with van der Waals surface area (Å²) in [5.41, 5.74) is -0.207. The fraction of sp³-hybridized carbons (Fsp3) is 0.0714. The predicted octanol–water partition coefficient (Wildman–Crippen LogP) is 2.23. The number of hydrogen-bond acceptors (Lipinski definition) is 4. The molecule has 0 aliphatic heterocycles. The Hall–Kier alpha value is -2.34. The van der Waals surface area contributed by atoms with E-state index in [4.69, 9.17) is 9.84 Å². The maximum absolute atomic E-state index is 11.9. The molecule has 2 aromatic carbocycles. The van der Waals surface area contributed by atoms with Crippen LogP contribution in [0.25, 0.3) is 0 Å². The number of ether oxygens (including phenoxy) is 1. The molecule has 0 amide bonds. The lowest BCUT2D eigenvalue weighted by atomic mass is 10.2. The minimum atomic E-state index is -1.32. The number of aromatic hydroxyl groups is 1. The van der Waals surface area contributed by atoms with Crippen LogP contribution in [0.3, 0.4) is 0 Å². The highest BCUT2D eigenvalue weighted by molar-refractivity contribution is 7.84. The molecule has 5 nitrogen and oxygen atoms in total. The highest BCUT2D eigenvalue weighted by Gasteiger charge is 2.11. The average Bonchev–Trinajstić information content (AvgIpc) is 2.45. The first-order valence-electron chi connectivity index (χ1n) is 5.70. The zero-order valence-corrected chi connectivity index (χ0v) is 11.2. The van der Waals surface area contributed by atoms with Crippen molar-refractivity contribution in [2.24, 2.45) is 0 Å². The van der Waals surface area contributed by atoms with Crippen molar-refractivity contribution in [1.82, 2.24) is 0 Å². The van der Waals surface area contributed by atoms with Crippen molar-refractivity contribution < 1.29 is 24.0 Å². The van der Waals surface area contributed by atoms with E-state index in [1.165, 1.54) is 18.2 Å². The van der Waals surface area contributed by atoms with Crippen LogP contribution in [0, 0.1) is 0 Å². The molecule has 0 radical (unpaired) electrons. The third-order valence-electron chi connectivity index (χ3n) is 2.54. The van der Waals surface area contributed by atoms with Gasteiger partial charge >= 0.3 is 5.97 Å². The highest BCUT2D eigenvalue weighted by Crippen LogP contribution is 2.23. The van der Waals surface area contributed by atoms with Gasteiger partial charge in [0.1, 0.15) is 17.1 Å². The lowest BCUT2D eigenvalue weighted by Gasteiger charge is -2.07. The number of hydrogen-bond donors (Lipinski definition) is 2. The second-order valence-electron chi connectivity index (χ2n) is 3.90. The summed E-state index contributed by atoms with van der Waals surface area (Å²) in [7, 11) is -1.32. The van der Waals surface area contributed by atoms with E-state index in [0.29, 0.717) is 4.90 Å². The molecule has 0 saturated carbocycles. The number of carbonyl (C=O) groups is 1. The Kier molecular flexibility index (Phi) is 4.37. The zero-order valence-electron chi connectivity index (χ0n) is 10.4. The topological polar surface area (TPSA) is 83.8 Å². The van der Waals surface area contributed by atoms with Crippen molar-refractivity contribution in [3.05, 3.63) is 54.1 Å². The second kappa shape index (κ2) is 6.21. The molecule has 2 aromatic rings. The van der Waals surface area contributed by atoms with Gasteiger partial charge in [0.05, 0.1) is 10.8 Å². The highest BCUT2D eigenvalue weighted by atomic mass is 32.2. The Bertz CT molecular complexity index is 639. The molecule has 0 aromatic heterocycles. The largest absolute Gasteiger partial charge is 0.507 e. The maximum atomic E-state index is 11.9. The number of phenols is 1. The van der Waals surface area contributed by atoms with E-state index in [0.717, 1.165) is 0 Å². The number of aromatic carboxylic acids is 1. The van der Waals surface area contributed by atoms with Crippen LogP contribution < -0.4 is 4.74 Å². The molecule has 0 spiro atoms. The van der Waals surface area contributed by atoms with Crippen LogP contribution in [0.15, 0.2) is 53.4 Å². The van der Waals surface area contributed by atoms with Crippen molar-refractivity contribution in [2.45, 2.75) is 4.90 Å². The molecule has 1 atom stereocenters. The van der Waals surface area contributed by atoms with Gasteiger partial charge in [-0.05, 0) is 24.3 Å². The monoisotopic (exact) mass is 292 g/mol.